The molecule has 1 fully saturated rings. The molecule has 1 atom stereocenters. The van der Waals surface area contributed by atoms with Crippen LogP contribution in [-0.4, -0.2) is 54.6 Å². The first-order chi connectivity index (χ1) is 11.2. The third-order valence-corrected chi connectivity index (χ3v) is 5.49. The monoisotopic (exact) mass is 309 g/mol. The third-order valence-electron chi connectivity index (χ3n) is 5.49. The van der Waals surface area contributed by atoms with Gasteiger partial charge >= 0.3 is 0 Å². The van der Waals surface area contributed by atoms with E-state index in [0.29, 0.717) is 0 Å². The molecule has 3 nitrogen and oxygen atoms in total. The van der Waals surface area contributed by atoms with Gasteiger partial charge in [0.1, 0.15) is 0 Å². The number of aromatic amines is 1. The zero-order valence-corrected chi connectivity index (χ0v) is 14.3. The van der Waals surface area contributed by atoms with E-state index in [9.17, 15) is 0 Å². The molecule has 1 N–H and O–H groups in total. The van der Waals surface area contributed by atoms with Gasteiger partial charge in [-0.2, -0.15) is 0 Å². The first kappa shape index (κ1) is 15.0. The Morgan fingerprint density at radius 3 is 3.09 bits per heavy atom. The van der Waals surface area contributed by atoms with E-state index < -0.39 is 0 Å². The van der Waals surface area contributed by atoms with Crippen LogP contribution < -0.4 is 0 Å². The number of hydrogen-bond acceptors (Lipinski definition) is 2. The Morgan fingerprint density at radius 2 is 2.22 bits per heavy atom. The van der Waals surface area contributed by atoms with Crippen molar-refractivity contribution in [3.05, 3.63) is 41.6 Å². The summed E-state index contributed by atoms with van der Waals surface area (Å²) in [5.74, 6) is 0. The lowest BCUT2D eigenvalue weighted by molar-refractivity contribution is 0.275. The average molecular weight is 309 g/mol. The van der Waals surface area contributed by atoms with Crippen molar-refractivity contribution in [2.75, 3.05) is 33.7 Å². The number of nitrogens with one attached hydrogen (secondary N) is 1. The molecule has 0 amide bonds. The van der Waals surface area contributed by atoms with Crippen molar-refractivity contribution in [3.8, 4) is 0 Å². The van der Waals surface area contributed by atoms with Gasteiger partial charge in [0.05, 0.1) is 0 Å². The summed E-state index contributed by atoms with van der Waals surface area (Å²) in [6.45, 7) is 3.52. The maximum atomic E-state index is 3.43. The topological polar surface area (TPSA) is 22.3 Å². The fourth-order valence-corrected chi connectivity index (χ4v) is 4.10. The van der Waals surface area contributed by atoms with E-state index in [1.165, 1.54) is 47.8 Å². The number of nitrogens with zero attached hydrogens (tertiary/aromatic N) is 2. The molecular weight excluding hydrogens is 282 g/mol. The van der Waals surface area contributed by atoms with Crippen molar-refractivity contribution in [2.45, 2.75) is 31.7 Å². The summed E-state index contributed by atoms with van der Waals surface area (Å²) in [5, 5.41) is 1.40. The highest BCUT2D eigenvalue weighted by molar-refractivity contribution is 5.87. The fourth-order valence-electron chi connectivity index (χ4n) is 4.10. The molecule has 1 saturated heterocycles. The minimum absolute atomic E-state index is 0.783. The van der Waals surface area contributed by atoms with E-state index in [4.69, 9.17) is 0 Å². The summed E-state index contributed by atoms with van der Waals surface area (Å²) in [6.07, 6.45) is 9.71. The zero-order chi connectivity index (χ0) is 15.8. The second kappa shape index (κ2) is 6.14. The van der Waals surface area contributed by atoms with Crippen molar-refractivity contribution in [2.24, 2.45) is 0 Å². The van der Waals surface area contributed by atoms with Crippen molar-refractivity contribution < 1.29 is 0 Å². The van der Waals surface area contributed by atoms with Gasteiger partial charge in [-0.05, 0) is 75.2 Å². The van der Waals surface area contributed by atoms with Gasteiger partial charge in [-0.3, -0.25) is 4.90 Å². The lowest BCUT2D eigenvalue weighted by atomic mass is 9.93. The predicted molar refractivity (Wildman–Crippen MR) is 97.7 cm³/mol. The van der Waals surface area contributed by atoms with E-state index in [1.807, 2.05) is 0 Å². The summed E-state index contributed by atoms with van der Waals surface area (Å²) < 4.78 is 0. The van der Waals surface area contributed by atoms with Crippen LogP contribution in [0, 0.1) is 0 Å². The quantitative estimate of drug-likeness (QED) is 0.933. The molecular formula is C20H27N3. The molecule has 1 aromatic heterocycles. The normalized spacial score (nSPS) is 21.9. The molecule has 0 spiro atoms. The molecule has 3 heterocycles. The van der Waals surface area contributed by atoms with E-state index in [1.54, 1.807) is 5.57 Å². The van der Waals surface area contributed by atoms with Crippen LogP contribution >= 0.6 is 0 Å². The van der Waals surface area contributed by atoms with E-state index >= 15 is 0 Å². The van der Waals surface area contributed by atoms with Crippen molar-refractivity contribution >= 4 is 16.5 Å². The van der Waals surface area contributed by atoms with Crippen LogP contribution in [0.4, 0.5) is 0 Å². The maximum Gasteiger partial charge on any atom is 0.0457 e. The Morgan fingerprint density at radius 1 is 1.30 bits per heavy atom. The molecule has 0 radical (unpaired) electrons. The molecule has 4 rings (SSSR count). The third kappa shape index (κ3) is 2.96. The highest BCUT2D eigenvalue weighted by atomic mass is 15.2. The van der Waals surface area contributed by atoms with E-state index in [-0.39, 0.29) is 0 Å². The summed E-state index contributed by atoms with van der Waals surface area (Å²) in [7, 11) is 4.28. The summed E-state index contributed by atoms with van der Waals surface area (Å²) in [6, 6.07) is 7.74. The van der Waals surface area contributed by atoms with Crippen LogP contribution in [0.5, 0.6) is 0 Å². The maximum absolute atomic E-state index is 3.43. The average Bonchev–Trinajstić information content (AvgIpc) is 3.18. The van der Waals surface area contributed by atoms with E-state index in [2.05, 4.69) is 59.4 Å². The predicted octanol–water partition coefficient (Wildman–Crippen LogP) is 3.52. The van der Waals surface area contributed by atoms with Crippen LogP contribution in [0.3, 0.4) is 0 Å². The van der Waals surface area contributed by atoms with E-state index in [0.717, 1.165) is 25.6 Å². The minimum atomic E-state index is 0.783. The first-order valence-corrected chi connectivity index (χ1v) is 8.89. The minimum Gasteiger partial charge on any atom is -0.361 e. The zero-order valence-electron chi connectivity index (χ0n) is 14.3. The Hall–Kier alpha value is -1.58. The van der Waals surface area contributed by atoms with Gasteiger partial charge in [0.2, 0.25) is 0 Å². The molecule has 23 heavy (non-hydrogen) atoms. The first-order valence-electron chi connectivity index (χ1n) is 8.89. The Bertz CT molecular complexity index is 726. The summed E-state index contributed by atoms with van der Waals surface area (Å²) in [4.78, 5) is 8.32. The number of hydrogen-bond donors (Lipinski definition) is 1. The van der Waals surface area contributed by atoms with Crippen LogP contribution in [0.25, 0.3) is 16.5 Å². The number of benzene rings is 1. The fraction of sp³-hybridized carbons (Fsp3) is 0.500. The highest BCUT2D eigenvalue weighted by Gasteiger charge is 2.27. The number of fused-ring (bicyclic) bond motifs is 2. The summed E-state index contributed by atoms with van der Waals surface area (Å²) in [5.41, 5.74) is 5.68. The Balaban J connectivity index is 1.61. The highest BCUT2D eigenvalue weighted by Crippen LogP contribution is 2.33. The van der Waals surface area contributed by atoms with Gasteiger partial charge < -0.3 is 9.88 Å². The Kier molecular flexibility index (Phi) is 4.00. The number of aromatic nitrogens is 1. The number of likely N-dealkylation sites (N-methyl/N-ethyl adjacent to an activating group) is 1. The van der Waals surface area contributed by atoms with Gasteiger partial charge in [-0.25, -0.2) is 0 Å². The molecule has 0 saturated carbocycles. The molecule has 3 heteroatoms. The van der Waals surface area contributed by atoms with Crippen LogP contribution in [0.15, 0.2) is 30.5 Å². The molecule has 0 aliphatic carbocycles. The second-order valence-electron chi connectivity index (χ2n) is 7.35. The van der Waals surface area contributed by atoms with Gasteiger partial charge in [-0.15, -0.1) is 0 Å². The van der Waals surface area contributed by atoms with Gasteiger partial charge in [-0.1, -0.05) is 12.1 Å². The largest absolute Gasteiger partial charge is 0.361 e. The van der Waals surface area contributed by atoms with Gasteiger partial charge in [0.15, 0.2) is 0 Å². The van der Waals surface area contributed by atoms with Crippen LogP contribution in [-0.2, 0) is 6.42 Å². The molecule has 2 aliphatic heterocycles. The molecule has 1 unspecified atom stereocenters. The van der Waals surface area contributed by atoms with Crippen molar-refractivity contribution in [1.82, 2.24) is 14.8 Å². The van der Waals surface area contributed by atoms with Gasteiger partial charge in [0.25, 0.3) is 0 Å². The van der Waals surface area contributed by atoms with Crippen LogP contribution in [0.2, 0.25) is 0 Å². The smallest absolute Gasteiger partial charge is 0.0457 e. The molecule has 2 aliphatic rings. The summed E-state index contributed by atoms with van der Waals surface area (Å²) >= 11 is 0. The number of H-pyrrole nitrogens is 1. The van der Waals surface area contributed by atoms with Crippen LogP contribution in [0.1, 0.15) is 30.4 Å². The SMILES string of the molecule is CN(C)CCc1c[nH]c2ccc(C3=CCN4CCCC4C3)cc12. The molecule has 0 bridgehead atoms. The second-order valence-corrected chi connectivity index (χ2v) is 7.35. The lowest BCUT2D eigenvalue weighted by Crippen LogP contribution is -2.32. The Labute approximate surface area is 139 Å². The van der Waals surface area contributed by atoms with Gasteiger partial charge in [0, 0.05) is 36.2 Å². The number of rotatable bonds is 4. The standard InChI is InChI=1S/C20H27N3/c1-22(2)10-7-17-14-21-20-6-5-15(13-19(17)20)16-8-11-23-9-3-4-18(23)12-16/h5-6,8,13-14,18,21H,3-4,7,9-12H2,1-2H3. The molecule has 1 aromatic carbocycles. The molecule has 2 aromatic rings. The molecule has 122 valence electrons. The van der Waals surface area contributed by atoms with Crippen molar-refractivity contribution in [1.29, 1.82) is 0 Å². The lowest BCUT2D eigenvalue weighted by Gasteiger charge is -2.29. The van der Waals surface area contributed by atoms with Crippen molar-refractivity contribution in [3.63, 3.8) is 0 Å².